The minimum absolute atomic E-state index is 0.173. The minimum Gasteiger partial charge on any atom is -0.430 e. The number of nitrogens with zero attached hydrogens (tertiary/aromatic N) is 1. The van der Waals surface area contributed by atoms with Crippen molar-refractivity contribution in [3.63, 3.8) is 0 Å². The van der Waals surface area contributed by atoms with Crippen LogP contribution >= 0.6 is 0 Å². The zero-order valence-corrected chi connectivity index (χ0v) is 12.1. The second kappa shape index (κ2) is 5.04. The minimum atomic E-state index is -1.15. The van der Waals surface area contributed by atoms with Crippen molar-refractivity contribution in [2.75, 3.05) is 7.05 Å². The van der Waals surface area contributed by atoms with E-state index in [4.69, 9.17) is 4.74 Å². The van der Waals surface area contributed by atoms with Gasteiger partial charge in [0.15, 0.2) is 5.78 Å². The van der Waals surface area contributed by atoms with E-state index < -0.39 is 11.4 Å². The van der Waals surface area contributed by atoms with E-state index in [1.165, 1.54) is 6.92 Å². The summed E-state index contributed by atoms with van der Waals surface area (Å²) in [5.41, 5.74) is 0.589. The van der Waals surface area contributed by atoms with Crippen LogP contribution in [0, 0.1) is 5.41 Å². The van der Waals surface area contributed by atoms with Gasteiger partial charge >= 0.3 is 5.97 Å². The summed E-state index contributed by atoms with van der Waals surface area (Å²) in [6, 6.07) is 9.36. The number of carbonyl (C=O) groups is 2. The number of ether oxygens (including phenoxy) is 1. The lowest BCUT2D eigenvalue weighted by molar-refractivity contribution is -0.142. The number of cyclic esters (lactones) is 1. The summed E-state index contributed by atoms with van der Waals surface area (Å²) < 4.78 is 5.19. The van der Waals surface area contributed by atoms with Crippen LogP contribution in [0.4, 0.5) is 0 Å². The van der Waals surface area contributed by atoms with Crippen LogP contribution in [0.15, 0.2) is 46.7 Å². The van der Waals surface area contributed by atoms with Crippen LogP contribution in [-0.4, -0.2) is 24.5 Å². The molecule has 0 radical (unpaired) electrons. The lowest BCUT2D eigenvalue weighted by Gasteiger charge is -2.24. The molecule has 0 aliphatic carbocycles. The van der Waals surface area contributed by atoms with E-state index in [-0.39, 0.29) is 5.78 Å². The van der Waals surface area contributed by atoms with Crippen LogP contribution in [0.25, 0.3) is 0 Å². The van der Waals surface area contributed by atoms with E-state index in [0.29, 0.717) is 17.0 Å². The quantitative estimate of drug-likeness (QED) is 0.627. The van der Waals surface area contributed by atoms with Crippen molar-refractivity contribution in [2.24, 2.45) is 10.4 Å². The van der Waals surface area contributed by atoms with Crippen LogP contribution in [0.2, 0.25) is 0 Å². The number of benzene rings is 1. The highest BCUT2D eigenvalue weighted by Gasteiger charge is 2.51. The Morgan fingerprint density at radius 1 is 1.25 bits per heavy atom. The fourth-order valence-electron chi connectivity index (χ4n) is 2.80. The lowest BCUT2D eigenvalue weighted by Crippen LogP contribution is -2.38. The Kier molecular flexibility index (Phi) is 3.57. The third-order valence-corrected chi connectivity index (χ3v) is 3.60. The van der Waals surface area contributed by atoms with Gasteiger partial charge in [0.05, 0.1) is 11.3 Å². The van der Waals surface area contributed by atoms with Gasteiger partial charge in [0.1, 0.15) is 11.2 Å². The summed E-state index contributed by atoms with van der Waals surface area (Å²) in [5, 5.41) is 0. The van der Waals surface area contributed by atoms with Crippen molar-refractivity contribution >= 4 is 17.5 Å². The number of rotatable bonds is 3. The molecule has 0 bridgehead atoms. The molecular weight excluding hydrogens is 254 g/mol. The molecule has 4 heteroatoms. The monoisotopic (exact) mass is 271 g/mol. The van der Waals surface area contributed by atoms with Crippen LogP contribution in [-0.2, 0) is 14.3 Å². The van der Waals surface area contributed by atoms with E-state index in [9.17, 15) is 9.59 Å². The van der Waals surface area contributed by atoms with Crippen molar-refractivity contribution < 1.29 is 14.3 Å². The first-order valence-corrected chi connectivity index (χ1v) is 6.40. The average Bonchev–Trinajstić information content (AvgIpc) is 2.62. The topological polar surface area (TPSA) is 55.7 Å². The highest BCUT2D eigenvalue weighted by Crippen LogP contribution is 2.41. The maximum absolute atomic E-state index is 12.3. The third kappa shape index (κ3) is 1.97. The van der Waals surface area contributed by atoms with Gasteiger partial charge in [-0.05, 0) is 26.3 Å². The molecule has 0 amide bonds. The molecule has 0 spiro atoms. The van der Waals surface area contributed by atoms with E-state index in [1.54, 1.807) is 20.9 Å². The molecule has 0 saturated heterocycles. The van der Waals surface area contributed by atoms with E-state index in [2.05, 4.69) is 4.99 Å². The smallest absolute Gasteiger partial charge is 0.327 e. The van der Waals surface area contributed by atoms with E-state index >= 15 is 0 Å². The molecule has 2 rings (SSSR count). The molecule has 1 unspecified atom stereocenters. The number of aliphatic imine (C=N–C) groups is 1. The Morgan fingerprint density at radius 2 is 1.85 bits per heavy atom. The van der Waals surface area contributed by atoms with Gasteiger partial charge in [0, 0.05) is 7.05 Å². The molecule has 1 aromatic carbocycles. The Labute approximate surface area is 118 Å². The molecule has 4 nitrogen and oxygen atoms in total. The molecule has 1 aliphatic rings. The van der Waals surface area contributed by atoms with Gasteiger partial charge in [-0.2, -0.15) is 0 Å². The molecule has 104 valence electrons. The van der Waals surface area contributed by atoms with E-state index in [0.717, 1.165) is 5.56 Å². The first-order valence-electron chi connectivity index (χ1n) is 6.40. The van der Waals surface area contributed by atoms with Gasteiger partial charge in [-0.25, -0.2) is 0 Å². The highest BCUT2D eigenvalue weighted by molar-refractivity contribution is 6.23. The molecule has 1 atom stereocenters. The van der Waals surface area contributed by atoms with Crippen molar-refractivity contribution in [1.82, 2.24) is 0 Å². The van der Waals surface area contributed by atoms with Gasteiger partial charge in [-0.15, -0.1) is 0 Å². The van der Waals surface area contributed by atoms with Gasteiger partial charge in [-0.3, -0.25) is 14.6 Å². The Bertz CT molecular complexity index is 628. The van der Waals surface area contributed by atoms with Gasteiger partial charge < -0.3 is 4.74 Å². The molecule has 0 saturated carbocycles. The Hall–Kier alpha value is -2.23. The zero-order valence-electron chi connectivity index (χ0n) is 12.1. The van der Waals surface area contributed by atoms with Gasteiger partial charge in [0.2, 0.25) is 0 Å². The van der Waals surface area contributed by atoms with Crippen molar-refractivity contribution in [3.05, 3.63) is 47.2 Å². The molecule has 0 aromatic heterocycles. The van der Waals surface area contributed by atoms with Crippen molar-refractivity contribution in [2.45, 2.75) is 20.8 Å². The number of Topliss-reactive ketones (excluding diaryl/α,β-unsaturated/α-hetero) is 1. The largest absolute Gasteiger partial charge is 0.430 e. The fourth-order valence-corrected chi connectivity index (χ4v) is 2.80. The molecule has 1 heterocycles. The number of esters is 1. The summed E-state index contributed by atoms with van der Waals surface area (Å²) in [6.45, 7) is 4.77. The molecule has 0 fully saturated rings. The maximum atomic E-state index is 12.3. The van der Waals surface area contributed by atoms with Crippen molar-refractivity contribution in [3.8, 4) is 0 Å². The molecule has 1 aromatic rings. The second-order valence-corrected chi connectivity index (χ2v) is 4.94. The Morgan fingerprint density at radius 3 is 2.35 bits per heavy atom. The van der Waals surface area contributed by atoms with Crippen LogP contribution in [0.1, 0.15) is 26.3 Å². The zero-order chi connectivity index (χ0) is 14.9. The van der Waals surface area contributed by atoms with Gasteiger partial charge in [-0.1, -0.05) is 30.3 Å². The number of ketones is 1. The number of carbonyl (C=O) groups excluding carboxylic acids is 2. The van der Waals surface area contributed by atoms with E-state index in [1.807, 2.05) is 30.3 Å². The lowest BCUT2D eigenvalue weighted by atomic mass is 9.74. The highest BCUT2D eigenvalue weighted by atomic mass is 16.5. The maximum Gasteiger partial charge on any atom is 0.327 e. The predicted octanol–water partition coefficient (Wildman–Crippen LogP) is 2.53. The normalized spacial score (nSPS) is 23.0. The number of hydrogen-bond donors (Lipinski definition) is 0. The second-order valence-electron chi connectivity index (χ2n) is 4.94. The Balaban J connectivity index is 2.64. The first-order chi connectivity index (χ1) is 9.42. The van der Waals surface area contributed by atoms with Crippen LogP contribution in [0.3, 0.4) is 0 Å². The molecule has 0 N–H and O–H groups in total. The van der Waals surface area contributed by atoms with Crippen LogP contribution in [0.5, 0.6) is 0 Å². The third-order valence-electron chi connectivity index (χ3n) is 3.60. The standard InChI is InChI=1S/C16H17NO3/c1-10(18)13-11(2)20-15(19)16(13,3)14(17-4)12-8-6-5-7-9-12/h5-9H,1-4H3. The van der Waals surface area contributed by atoms with Crippen molar-refractivity contribution in [1.29, 1.82) is 0 Å². The molecular formula is C16H17NO3. The summed E-state index contributed by atoms with van der Waals surface area (Å²) in [7, 11) is 1.62. The SMILES string of the molecule is CN=C(c1ccccc1)C1(C)C(=O)OC(C)=C1C(C)=O. The fraction of sp³-hybridized carbons (Fsp3) is 0.312. The number of hydrogen-bond acceptors (Lipinski definition) is 4. The predicted molar refractivity (Wildman–Crippen MR) is 76.5 cm³/mol. The van der Waals surface area contributed by atoms with Crippen LogP contribution < -0.4 is 0 Å². The number of allylic oxidation sites excluding steroid dienone is 1. The summed E-state index contributed by atoms with van der Waals surface area (Å²) in [4.78, 5) is 28.5. The summed E-state index contributed by atoms with van der Waals surface area (Å²) in [6.07, 6.45) is 0. The summed E-state index contributed by atoms with van der Waals surface area (Å²) >= 11 is 0. The first kappa shape index (κ1) is 14.2. The molecule has 20 heavy (non-hydrogen) atoms. The van der Waals surface area contributed by atoms with Gasteiger partial charge in [0.25, 0.3) is 0 Å². The summed E-state index contributed by atoms with van der Waals surface area (Å²) in [5.74, 6) is -0.264. The average molecular weight is 271 g/mol. The molecule has 1 aliphatic heterocycles.